The third-order valence-electron chi connectivity index (χ3n) is 5.98. The van der Waals surface area contributed by atoms with Gasteiger partial charge in [0.1, 0.15) is 11.5 Å². The summed E-state index contributed by atoms with van der Waals surface area (Å²) in [7, 11) is 0. The van der Waals surface area contributed by atoms with Gasteiger partial charge in [0.25, 0.3) is 5.78 Å². The molecule has 8 heteroatoms. The molecular formula is C27H23N3O4S. The number of thiazole rings is 1. The molecule has 1 atom stereocenters. The van der Waals surface area contributed by atoms with Gasteiger partial charge in [-0.15, -0.1) is 0 Å². The van der Waals surface area contributed by atoms with Crippen LogP contribution in [0, 0.1) is 13.8 Å². The number of hydrogen-bond donors (Lipinski definition) is 1. The molecule has 1 N–H and O–H groups in total. The SMILES string of the molecule is CCOc1ccc2nc(N3C(=O)C(=O)/C(=C(/O)c4cc(C)ccc4C)C3c3ccncc3)sc2c1. The molecule has 0 spiro atoms. The van der Waals surface area contributed by atoms with Crippen LogP contribution in [0.2, 0.25) is 0 Å². The van der Waals surface area contributed by atoms with Crippen molar-refractivity contribution in [2.75, 3.05) is 11.5 Å². The lowest BCUT2D eigenvalue weighted by atomic mass is 9.94. The molecule has 0 saturated carbocycles. The van der Waals surface area contributed by atoms with Crippen LogP contribution < -0.4 is 9.64 Å². The van der Waals surface area contributed by atoms with E-state index in [1.165, 1.54) is 16.2 Å². The monoisotopic (exact) mass is 485 g/mol. The Bertz CT molecular complexity index is 1490. The van der Waals surface area contributed by atoms with E-state index in [0.717, 1.165) is 15.8 Å². The number of hydrogen-bond acceptors (Lipinski definition) is 7. The van der Waals surface area contributed by atoms with Crippen molar-refractivity contribution >= 4 is 44.1 Å². The van der Waals surface area contributed by atoms with Gasteiger partial charge >= 0.3 is 5.91 Å². The summed E-state index contributed by atoms with van der Waals surface area (Å²) in [6.07, 6.45) is 3.19. The number of anilines is 1. The number of aliphatic hydroxyl groups is 1. The van der Waals surface area contributed by atoms with E-state index in [0.29, 0.717) is 34.1 Å². The number of ketones is 1. The van der Waals surface area contributed by atoms with E-state index in [9.17, 15) is 14.7 Å². The number of benzene rings is 2. The molecular weight excluding hydrogens is 462 g/mol. The highest BCUT2D eigenvalue weighted by Gasteiger charge is 2.48. The number of rotatable bonds is 5. The predicted molar refractivity (Wildman–Crippen MR) is 136 cm³/mol. The summed E-state index contributed by atoms with van der Waals surface area (Å²) < 4.78 is 6.42. The minimum atomic E-state index is -0.843. The van der Waals surface area contributed by atoms with E-state index < -0.39 is 17.7 Å². The largest absolute Gasteiger partial charge is 0.507 e. The maximum absolute atomic E-state index is 13.4. The molecule has 1 fully saturated rings. The van der Waals surface area contributed by atoms with E-state index in [2.05, 4.69) is 9.97 Å². The number of aryl methyl sites for hydroxylation is 2. The second kappa shape index (κ2) is 8.96. The molecule has 1 unspecified atom stereocenters. The van der Waals surface area contributed by atoms with Crippen LogP contribution in [0.1, 0.15) is 35.2 Å². The Morgan fingerprint density at radius 1 is 1.09 bits per heavy atom. The van der Waals surface area contributed by atoms with Gasteiger partial charge in [-0.1, -0.05) is 29.0 Å². The van der Waals surface area contributed by atoms with Gasteiger partial charge < -0.3 is 9.84 Å². The van der Waals surface area contributed by atoms with Gasteiger partial charge in [-0.2, -0.15) is 0 Å². The molecule has 1 aliphatic heterocycles. The maximum atomic E-state index is 13.4. The summed E-state index contributed by atoms with van der Waals surface area (Å²) in [5, 5.41) is 11.7. The molecule has 176 valence electrons. The van der Waals surface area contributed by atoms with Crippen molar-refractivity contribution in [1.82, 2.24) is 9.97 Å². The molecule has 3 heterocycles. The zero-order valence-corrected chi connectivity index (χ0v) is 20.3. The third-order valence-corrected chi connectivity index (χ3v) is 7.00. The molecule has 7 nitrogen and oxygen atoms in total. The van der Waals surface area contributed by atoms with E-state index in [-0.39, 0.29) is 11.3 Å². The first-order valence-corrected chi connectivity index (χ1v) is 12.0. The predicted octanol–water partition coefficient (Wildman–Crippen LogP) is 5.33. The molecule has 35 heavy (non-hydrogen) atoms. The lowest BCUT2D eigenvalue weighted by Gasteiger charge is -2.23. The number of ether oxygens (including phenoxy) is 1. The highest BCUT2D eigenvalue weighted by Crippen LogP contribution is 2.44. The van der Waals surface area contributed by atoms with Crippen LogP contribution in [-0.2, 0) is 9.59 Å². The van der Waals surface area contributed by atoms with Gasteiger partial charge in [0.15, 0.2) is 5.13 Å². The van der Waals surface area contributed by atoms with E-state index in [4.69, 9.17) is 4.74 Å². The van der Waals surface area contributed by atoms with Crippen molar-refractivity contribution in [2.45, 2.75) is 26.8 Å². The maximum Gasteiger partial charge on any atom is 0.301 e. The molecule has 1 aliphatic rings. The molecule has 1 saturated heterocycles. The molecule has 0 bridgehead atoms. The number of nitrogens with zero attached hydrogens (tertiary/aromatic N) is 3. The molecule has 0 radical (unpaired) electrons. The van der Waals surface area contributed by atoms with Crippen LogP contribution in [0.15, 0.2) is 66.5 Å². The Hall–Kier alpha value is -4.04. The van der Waals surface area contributed by atoms with Crippen LogP contribution in [0.4, 0.5) is 5.13 Å². The molecule has 1 amide bonds. The second-order valence-electron chi connectivity index (χ2n) is 8.33. The van der Waals surface area contributed by atoms with Gasteiger partial charge in [0.2, 0.25) is 0 Å². The van der Waals surface area contributed by atoms with Gasteiger partial charge in [0, 0.05) is 18.0 Å². The van der Waals surface area contributed by atoms with Crippen LogP contribution in [-0.4, -0.2) is 33.4 Å². The zero-order chi connectivity index (χ0) is 24.7. The highest BCUT2D eigenvalue weighted by molar-refractivity contribution is 7.22. The summed E-state index contributed by atoms with van der Waals surface area (Å²) in [6.45, 7) is 6.21. The highest BCUT2D eigenvalue weighted by atomic mass is 32.1. The van der Waals surface area contributed by atoms with Crippen LogP contribution in [0.5, 0.6) is 5.75 Å². The fourth-order valence-electron chi connectivity index (χ4n) is 4.28. The van der Waals surface area contributed by atoms with Crippen molar-refractivity contribution in [1.29, 1.82) is 0 Å². The minimum Gasteiger partial charge on any atom is -0.507 e. The van der Waals surface area contributed by atoms with Gasteiger partial charge in [-0.25, -0.2) is 4.98 Å². The first-order chi connectivity index (χ1) is 16.9. The van der Waals surface area contributed by atoms with Crippen molar-refractivity contribution in [3.05, 3.63) is 88.8 Å². The third kappa shape index (κ3) is 3.95. The van der Waals surface area contributed by atoms with Crippen molar-refractivity contribution < 1.29 is 19.4 Å². The smallest absolute Gasteiger partial charge is 0.301 e. The summed E-state index contributed by atoms with van der Waals surface area (Å²) in [5.41, 5.74) is 3.63. The number of amides is 1. The second-order valence-corrected chi connectivity index (χ2v) is 9.34. The van der Waals surface area contributed by atoms with Crippen molar-refractivity contribution in [3.8, 4) is 5.75 Å². The fourth-order valence-corrected chi connectivity index (χ4v) is 5.30. The first-order valence-electron chi connectivity index (χ1n) is 11.2. The Kier molecular flexibility index (Phi) is 5.82. The van der Waals surface area contributed by atoms with Crippen molar-refractivity contribution in [3.63, 3.8) is 0 Å². The van der Waals surface area contributed by atoms with Gasteiger partial charge in [-0.3, -0.25) is 19.5 Å². The number of Topliss-reactive ketones (excluding diaryl/α,β-unsaturated/α-hetero) is 1. The zero-order valence-electron chi connectivity index (χ0n) is 19.5. The summed E-state index contributed by atoms with van der Waals surface area (Å²) in [5.74, 6) is -0.978. The topological polar surface area (TPSA) is 92.6 Å². The summed E-state index contributed by atoms with van der Waals surface area (Å²) in [6, 6.07) is 13.8. The molecule has 2 aromatic heterocycles. The number of pyridine rings is 1. The van der Waals surface area contributed by atoms with Crippen LogP contribution in [0.3, 0.4) is 0 Å². The van der Waals surface area contributed by atoms with E-state index >= 15 is 0 Å². The van der Waals surface area contributed by atoms with Gasteiger partial charge in [0.05, 0.1) is 28.4 Å². The Labute approximate surface area is 206 Å². The normalized spacial score (nSPS) is 17.3. The Morgan fingerprint density at radius 2 is 1.86 bits per heavy atom. The number of carbonyl (C=O) groups is 2. The van der Waals surface area contributed by atoms with E-state index in [1.807, 2.05) is 57.2 Å². The number of aromatic nitrogens is 2. The standard InChI is InChI=1S/C27H23N3O4S/c1-4-34-18-7-8-20-21(14-18)35-27(29-20)30-23(17-9-11-28-12-10-17)22(25(32)26(30)33)24(31)19-13-15(2)5-6-16(19)3/h5-14,23,31H,4H2,1-3H3/b24-22+. The number of carbonyl (C=O) groups excluding carboxylic acids is 2. The van der Waals surface area contributed by atoms with Crippen molar-refractivity contribution in [2.24, 2.45) is 0 Å². The molecule has 2 aromatic carbocycles. The molecule has 4 aromatic rings. The Balaban J connectivity index is 1.71. The minimum absolute atomic E-state index is 0.0316. The number of aliphatic hydroxyl groups excluding tert-OH is 1. The quantitative estimate of drug-likeness (QED) is 0.233. The molecule has 0 aliphatic carbocycles. The Morgan fingerprint density at radius 3 is 2.60 bits per heavy atom. The number of fused-ring (bicyclic) bond motifs is 1. The summed E-state index contributed by atoms with van der Waals surface area (Å²) in [4.78, 5) is 36.9. The summed E-state index contributed by atoms with van der Waals surface area (Å²) >= 11 is 1.30. The van der Waals surface area contributed by atoms with Crippen LogP contribution in [0.25, 0.3) is 16.0 Å². The fraction of sp³-hybridized carbons (Fsp3) is 0.185. The van der Waals surface area contributed by atoms with Crippen LogP contribution >= 0.6 is 11.3 Å². The lowest BCUT2D eigenvalue weighted by Crippen LogP contribution is -2.29. The lowest BCUT2D eigenvalue weighted by molar-refractivity contribution is -0.132. The first kappa shape index (κ1) is 22.7. The average molecular weight is 486 g/mol. The van der Waals surface area contributed by atoms with E-state index in [1.54, 1.807) is 24.5 Å². The average Bonchev–Trinajstić information content (AvgIpc) is 3.39. The van der Waals surface area contributed by atoms with Gasteiger partial charge in [-0.05, 0) is 68.3 Å². The molecule has 5 rings (SSSR count).